The van der Waals surface area contributed by atoms with Crippen LogP contribution in [0.25, 0.3) is 0 Å². The van der Waals surface area contributed by atoms with Crippen LogP contribution in [0, 0.1) is 5.41 Å². The summed E-state index contributed by atoms with van der Waals surface area (Å²) in [6.07, 6.45) is 0.686. The quantitative estimate of drug-likeness (QED) is 0.599. The number of rotatable bonds is 2. The predicted molar refractivity (Wildman–Crippen MR) is 35.2 cm³/mol. The molecule has 1 heterocycles. The van der Waals surface area contributed by atoms with Crippen LogP contribution < -0.4 is 0 Å². The smallest absolute Gasteiger partial charge is 0.0543 e. The molecule has 1 aliphatic rings. The molecule has 1 rings (SSSR count). The summed E-state index contributed by atoms with van der Waals surface area (Å²) in [5, 5.41) is 9.00. The Hall–Kier alpha value is -0.0800. The largest absolute Gasteiger partial charge is 0.393 e. The van der Waals surface area contributed by atoms with Crippen molar-refractivity contribution >= 4 is 0 Å². The highest BCUT2D eigenvalue weighted by Gasteiger charge is 2.34. The van der Waals surface area contributed by atoms with Gasteiger partial charge in [-0.2, -0.15) is 0 Å². The molecule has 1 aliphatic heterocycles. The van der Waals surface area contributed by atoms with Crippen molar-refractivity contribution in [1.82, 2.24) is 0 Å². The second kappa shape index (κ2) is 2.27. The first-order valence-electron chi connectivity index (χ1n) is 3.38. The number of ether oxygens (including phenoxy) is 1. The second-order valence-electron chi connectivity index (χ2n) is 3.36. The molecule has 0 unspecified atom stereocenters. The molecule has 0 aromatic heterocycles. The first-order chi connectivity index (χ1) is 4.12. The molecule has 0 aliphatic carbocycles. The number of aliphatic hydroxyl groups is 1. The van der Waals surface area contributed by atoms with Crippen LogP contribution in [0.2, 0.25) is 0 Å². The fourth-order valence-electron chi connectivity index (χ4n) is 1.28. The summed E-state index contributed by atoms with van der Waals surface area (Å²) in [4.78, 5) is 0. The van der Waals surface area contributed by atoms with Crippen LogP contribution in [-0.2, 0) is 4.74 Å². The molecular formula is C7H14O2. The Balaban J connectivity index is 2.24. The first kappa shape index (κ1) is 7.03. The maximum absolute atomic E-state index is 9.00. The van der Waals surface area contributed by atoms with Crippen LogP contribution in [0.1, 0.15) is 20.3 Å². The molecule has 0 bridgehead atoms. The Labute approximate surface area is 55.8 Å². The van der Waals surface area contributed by atoms with Crippen LogP contribution in [0.3, 0.4) is 0 Å². The summed E-state index contributed by atoms with van der Waals surface area (Å²) < 4.78 is 5.03. The Morgan fingerprint density at radius 3 is 2.33 bits per heavy atom. The molecule has 54 valence electrons. The van der Waals surface area contributed by atoms with Gasteiger partial charge in [-0.1, -0.05) is 6.92 Å². The van der Waals surface area contributed by atoms with Crippen molar-refractivity contribution in [3.63, 3.8) is 0 Å². The van der Waals surface area contributed by atoms with E-state index in [1.54, 1.807) is 0 Å². The maximum Gasteiger partial charge on any atom is 0.0543 e. The fourth-order valence-corrected chi connectivity index (χ4v) is 1.28. The Morgan fingerprint density at radius 2 is 2.22 bits per heavy atom. The molecule has 2 nitrogen and oxygen atoms in total. The molecule has 2 heteroatoms. The number of hydrogen-bond acceptors (Lipinski definition) is 2. The number of aliphatic hydroxyl groups excluding tert-OH is 1. The monoisotopic (exact) mass is 130 g/mol. The standard InChI is InChI=1S/C7H14O2/c1-6(8)3-7(2)4-9-5-7/h6,8H,3-5H2,1-2H3/t6-/m1/s1. The van der Waals surface area contributed by atoms with Gasteiger partial charge in [-0.05, 0) is 13.3 Å². The van der Waals surface area contributed by atoms with Crippen molar-refractivity contribution in [2.24, 2.45) is 5.41 Å². The van der Waals surface area contributed by atoms with E-state index in [-0.39, 0.29) is 11.5 Å². The van der Waals surface area contributed by atoms with Gasteiger partial charge in [0.05, 0.1) is 19.3 Å². The van der Waals surface area contributed by atoms with Crippen molar-refractivity contribution < 1.29 is 9.84 Å². The maximum atomic E-state index is 9.00. The summed E-state index contributed by atoms with van der Waals surface area (Å²) in [5.41, 5.74) is 0.272. The lowest BCUT2D eigenvalue weighted by molar-refractivity contribution is -0.119. The normalized spacial score (nSPS) is 27.0. The van der Waals surface area contributed by atoms with Gasteiger partial charge in [0.25, 0.3) is 0 Å². The SMILES string of the molecule is C[C@@H](O)CC1(C)COC1. The lowest BCUT2D eigenvalue weighted by Crippen LogP contribution is -2.41. The van der Waals surface area contributed by atoms with Gasteiger partial charge < -0.3 is 9.84 Å². The van der Waals surface area contributed by atoms with Gasteiger partial charge in [-0.25, -0.2) is 0 Å². The summed E-state index contributed by atoms with van der Waals surface area (Å²) in [5.74, 6) is 0. The second-order valence-corrected chi connectivity index (χ2v) is 3.36. The van der Waals surface area contributed by atoms with E-state index < -0.39 is 0 Å². The lowest BCUT2D eigenvalue weighted by Gasteiger charge is -2.38. The highest BCUT2D eigenvalue weighted by atomic mass is 16.5. The Kier molecular flexibility index (Phi) is 1.78. The summed E-state index contributed by atoms with van der Waals surface area (Å²) in [6, 6.07) is 0. The van der Waals surface area contributed by atoms with Crippen LogP contribution in [-0.4, -0.2) is 24.4 Å². The fraction of sp³-hybridized carbons (Fsp3) is 1.00. The van der Waals surface area contributed by atoms with Crippen molar-refractivity contribution in [2.75, 3.05) is 13.2 Å². The third-order valence-electron chi connectivity index (χ3n) is 1.69. The molecule has 0 spiro atoms. The third kappa shape index (κ3) is 1.66. The topological polar surface area (TPSA) is 29.5 Å². The van der Waals surface area contributed by atoms with Crippen molar-refractivity contribution in [2.45, 2.75) is 26.4 Å². The van der Waals surface area contributed by atoms with E-state index in [1.165, 1.54) is 0 Å². The van der Waals surface area contributed by atoms with Gasteiger partial charge >= 0.3 is 0 Å². The zero-order chi connectivity index (χ0) is 6.91. The summed E-state index contributed by atoms with van der Waals surface area (Å²) >= 11 is 0. The lowest BCUT2D eigenvalue weighted by atomic mass is 9.83. The molecule has 0 radical (unpaired) electrons. The molecule has 1 N–H and O–H groups in total. The van der Waals surface area contributed by atoms with E-state index in [2.05, 4.69) is 6.92 Å². The molecule has 9 heavy (non-hydrogen) atoms. The third-order valence-corrected chi connectivity index (χ3v) is 1.69. The predicted octanol–water partition coefficient (Wildman–Crippen LogP) is 0.794. The molecule has 0 amide bonds. The van der Waals surface area contributed by atoms with Crippen molar-refractivity contribution in [1.29, 1.82) is 0 Å². The highest BCUT2D eigenvalue weighted by molar-refractivity contribution is 4.81. The van der Waals surface area contributed by atoms with Crippen LogP contribution in [0.15, 0.2) is 0 Å². The Morgan fingerprint density at radius 1 is 1.67 bits per heavy atom. The average Bonchev–Trinajstić information content (AvgIpc) is 1.60. The highest BCUT2D eigenvalue weighted by Crippen LogP contribution is 2.31. The van der Waals surface area contributed by atoms with E-state index in [0.717, 1.165) is 19.6 Å². The molecule has 0 saturated carbocycles. The van der Waals surface area contributed by atoms with E-state index >= 15 is 0 Å². The average molecular weight is 130 g/mol. The van der Waals surface area contributed by atoms with Crippen molar-refractivity contribution in [3.05, 3.63) is 0 Å². The van der Waals surface area contributed by atoms with Gasteiger partial charge in [0.15, 0.2) is 0 Å². The molecule has 1 atom stereocenters. The summed E-state index contributed by atoms with van der Waals surface area (Å²) in [6.45, 7) is 5.60. The number of hydrogen-bond donors (Lipinski definition) is 1. The van der Waals surface area contributed by atoms with Gasteiger partial charge in [-0.3, -0.25) is 0 Å². The molecule has 0 aromatic rings. The molecule has 1 fully saturated rings. The minimum absolute atomic E-state index is 0.182. The van der Waals surface area contributed by atoms with Crippen LogP contribution >= 0.6 is 0 Å². The minimum atomic E-state index is -0.182. The first-order valence-corrected chi connectivity index (χ1v) is 3.38. The minimum Gasteiger partial charge on any atom is -0.393 e. The molecule has 1 saturated heterocycles. The molecule has 0 aromatic carbocycles. The van der Waals surface area contributed by atoms with E-state index in [9.17, 15) is 0 Å². The van der Waals surface area contributed by atoms with Crippen LogP contribution in [0.5, 0.6) is 0 Å². The Bertz CT molecular complexity index is 95.1. The van der Waals surface area contributed by atoms with Crippen LogP contribution in [0.4, 0.5) is 0 Å². The zero-order valence-corrected chi connectivity index (χ0v) is 6.05. The van der Waals surface area contributed by atoms with Gasteiger partial charge in [0, 0.05) is 5.41 Å². The van der Waals surface area contributed by atoms with E-state index in [0.29, 0.717) is 0 Å². The van der Waals surface area contributed by atoms with Gasteiger partial charge in [0.1, 0.15) is 0 Å². The summed E-state index contributed by atoms with van der Waals surface area (Å²) in [7, 11) is 0. The van der Waals surface area contributed by atoms with E-state index in [1.807, 2.05) is 6.92 Å². The van der Waals surface area contributed by atoms with E-state index in [4.69, 9.17) is 9.84 Å². The zero-order valence-electron chi connectivity index (χ0n) is 6.05. The molecular weight excluding hydrogens is 116 g/mol. The van der Waals surface area contributed by atoms with Crippen molar-refractivity contribution in [3.8, 4) is 0 Å². The van der Waals surface area contributed by atoms with Gasteiger partial charge in [0.2, 0.25) is 0 Å². The van der Waals surface area contributed by atoms with Gasteiger partial charge in [-0.15, -0.1) is 0 Å².